The molecule has 0 saturated heterocycles. The number of aromatic nitrogens is 3. The average molecular weight is 245 g/mol. The van der Waals surface area contributed by atoms with Crippen LogP contribution in [0.5, 0.6) is 0 Å². The van der Waals surface area contributed by atoms with E-state index in [1.54, 1.807) is 6.20 Å². The van der Waals surface area contributed by atoms with E-state index in [1.807, 2.05) is 17.6 Å². The lowest BCUT2D eigenvalue weighted by Crippen LogP contribution is -2.40. The standard InChI is InChI=1S/C13H19N5/c1-9-7-11-13(15-5-6-18(11)16-9)17(2)12(8-14)10-3-4-10/h5-7,10,12H,3-4,8,14H2,1-2H3. The Labute approximate surface area is 107 Å². The zero-order valence-electron chi connectivity index (χ0n) is 10.9. The minimum Gasteiger partial charge on any atom is -0.353 e. The molecule has 0 amide bonds. The number of anilines is 1. The van der Waals surface area contributed by atoms with Crippen molar-refractivity contribution in [2.75, 3.05) is 18.5 Å². The van der Waals surface area contributed by atoms with Gasteiger partial charge in [0.15, 0.2) is 5.82 Å². The van der Waals surface area contributed by atoms with Crippen LogP contribution in [0.25, 0.3) is 5.52 Å². The summed E-state index contributed by atoms with van der Waals surface area (Å²) in [5.41, 5.74) is 7.97. The van der Waals surface area contributed by atoms with Gasteiger partial charge < -0.3 is 10.6 Å². The van der Waals surface area contributed by atoms with Crippen molar-refractivity contribution in [2.24, 2.45) is 11.7 Å². The molecule has 5 nitrogen and oxygen atoms in total. The van der Waals surface area contributed by atoms with Gasteiger partial charge in [0.25, 0.3) is 0 Å². The van der Waals surface area contributed by atoms with Gasteiger partial charge >= 0.3 is 0 Å². The molecule has 3 rings (SSSR count). The minimum absolute atomic E-state index is 0.388. The molecule has 1 aliphatic rings. The molecule has 18 heavy (non-hydrogen) atoms. The maximum absolute atomic E-state index is 5.91. The van der Waals surface area contributed by atoms with E-state index < -0.39 is 0 Å². The lowest BCUT2D eigenvalue weighted by Gasteiger charge is -2.28. The van der Waals surface area contributed by atoms with Crippen LogP contribution < -0.4 is 10.6 Å². The number of nitrogens with two attached hydrogens (primary N) is 1. The summed E-state index contributed by atoms with van der Waals surface area (Å²) in [6.45, 7) is 2.68. The maximum atomic E-state index is 5.91. The first-order valence-corrected chi connectivity index (χ1v) is 6.44. The number of hydrogen-bond donors (Lipinski definition) is 1. The molecule has 0 spiro atoms. The fourth-order valence-electron chi connectivity index (χ4n) is 2.61. The second-order valence-corrected chi connectivity index (χ2v) is 5.12. The first-order chi connectivity index (χ1) is 8.70. The molecule has 1 saturated carbocycles. The van der Waals surface area contributed by atoms with Crippen molar-refractivity contribution in [3.05, 3.63) is 24.2 Å². The van der Waals surface area contributed by atoms with Crippen molar-refractivity contribution in [1.29, 1.82) is 0 Å². The Bertz CT molecular complexity index is 558. The van der Waals surface area contributed by atoms with Gasteiger partial charge in [-0.25, -0.2) is 9.50 Å². The molecule has 1 aliphatic carbocycles. The molecule has 1 unspecified atom stereocenters. The van der Waals surface area contributed by atoms with Crippen LogP contribution in [0.15, 0.2) is 18.5 Å². The van der Waals surface area contributed by atoms with Gasteiger partial charge in [0.05, 0.1) is 5.69 Å². The largest absolute Gasteiger partial charge is 0.353 e. The van der Waals surface area contributed by atoms with E-state index in [2.05, 4.69) is 28.1 Å². The van der Waals surface area contributed by atoms with Crippen LogP contribution in [0.2, 0.25) is 0 Å². The predicted molar refractivity (Wildman–Crippen MR) is 71.7 cm³/mol. The highest BCUT2D eigenvalue weighted by atomic mass is 15.3. The first-order valence-electron chi connectivity index (χ1n) is 6.44. The van der Waals surface area contributed by atoms with E-state index in [9.17, 15) is 0 Å². The molecule has 2 heterocycles. The Morgan fingerprint density at radius 2 is 2.33 bits per heavy atom. The minimum atomic E-state index is 0.388. The summed E-state index contributed by atoms with van der Waals surface area (Å²) in [6, 6.07) is 2.46. The van der Waals surface area contributed by atoms with Gasteiger partial charge in [0.1, 0.15) is 5.52 Å². The van der Waals surface area contributed by atoms with E-state index in [4.69, 9.17) is 5.73 Å². The van der Waals surface area contributed by atoms with Gasteiger partial charge in [-0.3, -0.25) is 0 Å². The molecule has 5 heteroatoms. The zero-order valence-corrected chi connectivity index (χ0v) is 10.9. The molecular weight excluding hydrogens is 226 g/mol. The van der Waals surface area contributed by atoms with Crippen LogP contribution in [0.1, 0.15) is 18.5 Å². The molecule has 1 atom stereocenters. The molecular formula is C13H19N5. The second-order valence-electron chi connectivity index (χ2n) is 5.12. The summed E-state index contributed by atoms with van der Waals surface area (Å²) >= 11 is 0. The van der Waals surface area contributed by atoms with Crippen LogP contribution >= 0.6 is 0 Å². The molecule has 2 aromatic heterocycles. The third-order valence-corrected chi connectivity index (χ3v) is 3.73. The number of likely N-dealkylation sites (N-methyl/N-ethyl adjacent to an activating group) is 1. The van der Waals surface area contributed by atoms with Gasteiger partial charge in [-0.05, 0) is 31.7 Å². The monoisotopic (exact) mass is 245 g/mol. The highest BCUT2D eigenvalue weighted by Gasteiger charge is 2.34. The topological polar surface area (TPSA) is 59.5 Å². The molecule has 0 aliphatic heterocycles. The van der Waals surface area contributed by atoms with E-state index >= 15 is 0 Å². The van der Waals surface area contributed by atoms with Crippen LogP contribution in [0.4, 0.5) is 5.82 Å². The normalized spacial score (nSPS) is 17.1. The van der Waals surface area contributed by atoms with Crippen molar-refractivity contribution in [3.63, 3.8) is 0 Å². The second kappa shape index (κ2) is 4.24. The highest BCUT2D eigenvalue weighted by Crippen LogP contribution is 2.36. The van der Waals surface area contributed by atoms with Crippen molar-refractivity contribution < 1.29 is 0 Å². The number of hydrogen-bond acceptors (Lipinski definition) is 4. The van der Waals surface area contributed by atoms with Gasteiger partial charge in [0, 0.05) is 32.0 Å². The zero-order chi connectivity index (χ0) is 12.7. The molecule has 96 valence electrons. The third kappa shape index (κ3) is 1.84. The smallest absolute Gasteiger partial charge is 0.154 e. The highest BCUT2D eigenvalue weighted by molar-refractivity contribution is 5.69. The Kier molecular flexibility index (Phi) is 2.70. The summed E-state index contributed by atoms with van der Waals surface area (Å²) in [4.78, 5) is 6.73. The lowest BCUT2D eigenvalue weighted by molar-refractivity contribution is 0.566. The summed E-state index contributed by atoms with van der Waals surface area (Å²) in [7, 11) is 2.08. The predicted octanol–water partition coefficient (Wildman–Crippen LogP) is 1.21. The van der Waals surface area contributed by atoms with Crippen molar-refractivity contribution in [1.82, 2.24) is 14.6 Å². The van der Waals surface area contributed by atoms with Gasteiger partial charge in [-0.2, -0.15) is 5.10 Å². The Morgan fingerprint density at radius 3 is 3.00 bits per heavy atom. The fraction of sp³-hybridized carbons (Fsp3) is 0.538. The van der Waals surface area contributed by atoms with Gasteiger partial charge in [-0.1, -0.05) is 0 Å². The fourth-order valence-corrected chi connectivity index (χ4v) is 2.61. The van der Waals surface area contributed by atoms with Crippen LogP contribution in [0, 0.1) is 12.8 Å². The molecule has 1 fully saturated rings. The number of aryl methyl sites for hydroxylation is 1. The molecule has 2 aromatic rings. The van der Waals surface area contributed by atoms with Crippen LogP contribution in [-0.2, 0) is 0 Å². The van der Waals surface area contributed by atoms with E-state index in [0.29, 0.717) is 12.6 Å². The lowest BCUT2D eigenvalue weighted by atomic mass is 10.1. The summed E-state index contributed by atoms with van der Waals surface area (Å²) in [5.74, 6) is 1.70. The van der Waals surface area contributed by atoms with E-state index in [1.165, 1.54) is 12.8 Å². The van der Waals surface area contributed by atoms with E-state index in [-0.39, 0.29) is 0 Å². The maximum Gasteiger partial charge on any atom is 0.154 e. The molecule has 2 N–H and O–H groups in total. The summed E-state index contributed by atoms with van der Waals surface area (Å²) in [6.07, 6.45) is 6.25. The van der Waals surface area contributed by atoms with Crippen LogP contribution in [-0.4, -0.2) is 34.2 Å². The van der Waals surface area contributed by atoms with Gasteiger partial charge in [0.2, 0.25) is 0 Å². The van der Waals surface area contributed by atoms with E-state index in [0.717, 1.165) is 22.9 Å². The number of nitrogens with zero attached hydrogens (tertiary/aromatic N) is 4. The quantitative estimate of drug-likeness (QED) is 0.879. The Balaban J connectivity index is 2.01. The van der Waals surface area contributed by atoms with Crippen molar-refractivity contribution >= 4 is 11.3 Å². The number of fused-ring (bicyclic) bond motifs is 1. The summed E-state index contributed by atoms with van der Waals surface area (Å²) < 4.78 is 1.88. The SMILES string of the molecule is Cc1cc2c(N(C)C(CN)C3CC3)nccn2n1. The Hall–Kier alpha value is -1.62. The molecule has 0 bridgehead atoms. The molecule has 0 aromatic carbocycles. The van der Waals surface area contributed by atoms with Crippen molar-refractivity contribution in [2.45, 2.75) is 25.8 Å². The average Bonchev–Trinajstić information content (AvgIpc) is 3.10. The first kappa shape index (κ1) is 11.5. The van der Waals surface area contributed by atoms with Gasteiger partial charge in [-0.15, -0.1) is 0 Å². The van der Waals surface area contributed by atoms with Crippen molar-refractivity contribution in [3.8, 4) is 0 Å². The Morgan fingerprint density at radius 1 is 1.56 bits per heavy atom. The summed E-state index contributed by atoms with van der Waals surface area (Å²) in [5, 5.41) is 4.42. The number of rotatable bonds is 4. The third-order valence-electron chi connectivity index (χ3n) is 3.73. The van der Waals surface area contributed by atoms with Crippen LogP contribution in [0.3, 0.4) is 0 Å². The molecule has 0 radical (unpaired) electrons.